The van der Waals surface area contributed by atoms with Crippen molar-refractivity contribution in [3.63, 3.8) is 0 Å². The highest BCUT2D eigenvalue weighted by Crippen LogP contribution is 2.36. The molecule has 106 valence electrons. The van der Waals surface area contributed by atoms with Crippen LogP contribution in [0.15, 0.2) is 16.6 Å². The molecule has 1 aromatic carbocycles. The fraction of sp³-hybridized carbons (Fsp3) is 0.462. The van der Waals surface area contributed by atoms with Crippen LogP contribution in [0.25, 0.3) is 0 Å². The molecule has 0 unspecified atom stereocenters. The number of carbonyl (C=O) groups is 1. The van der Waals surface area contributed by atoms with E-state index in [0.717, 1.165) is 0 Å². The average molecular weight is 350 g/mol. The zero-order chi connectivity index (χ0) is 14.6. The smallest absolute Gasteiger partial charge is 0.241 e. The standard InChI is InChI=1S/C13H18BrClN2O2/c1-7(2)4-10(16)13(18)17-11-6-8(15)5-9(14)12(11)19-3/h5-7,10H,4,16H2,1-3H3,(H,17,18)/t10-/m0/s1. The molecule has 0 aliphatic carbocycles. The zero-order valence-electron chi connectivity index (χ0n) is 11.2. The van der Waals surface area contributed by atoms with E-state index in [4.69, 9.17) is 22.1 Å². The van der Waals surface area contributed by atoms with Gasteiger partial charge in [0.1, 0.15) is 0 Å². The predicted molar refractivity (Wildman–Crippen MR) is 81.8 cm³/mol. The van der Waals surface area contributed by atoms with Gasteiger partial charge in [-0.15, -0.1) is 0 Å². The molecule has 0 spiro atoms. The highest BCUT2D eigenvalue weighted by molar-refractivity contribution is 9.10. The summed E-state index contributed by atoms with van der Waals surface area (Å²) in [4.78, 5) is 12.0. The van der Waals surface area contributed by atoms with Crippen LogP contribution in [-0.4, -0.2) is 19.1 Å². The second-order valence-corrected chi connectivity index (χ2v) is 5.98. The molecule has 0 saturated carbocycles. The van der Waals surface area contributed by atoms with E-state index in [9.17, 15) is 4.79 Å². The van der Waals surface area contributed by atoms with Crippen molar-refractivity contribution in [3.8, 4) is 5.75 Å². The van der Waals surface area contributed by atoms with Gasteiger partial charge in [-0.05, 0) is 40.4 Å². The third kappa shape index (κ3) is 4.67. The lowest BCUT2D eigenvalue weighted by Gasteiger charge is -2.16. The number of nitrogens with two attached hydrogens (primary N) is 1. The minimum atomic E-state index is -0.553. The van der Waals surface area contributed by atoms with E-state index in [1.165, 1.54) is 7.11 Å². The summed E-state index contributed by atoms with van der Waals surface area (Å²) < 4.78 is 5.91. The SMILES string of the molecule is COc1c(Br)cc(Cl)cc1NC(=O)[C@@H](N)CC(C)C. The van der Waals surface area contributed by atoms with E-state index in [2.05, 4.69) is 21.2 Å². The van der Waals surface area contributed by atoms with Gasteiger partial charge < -0.3 is 15.8 Å². The minimum absolute atomic E-state index is 0.249. The van der Waals surface area contributed by atoms with Gasteiger partial charge in [0.25, 0.3) is 0 Å². The highest BCUT2D eigenvalue weighted by atomic mass is 79.9. The number of carbonyl (C=O) groups excluding carboxylic acids is 1. The Balaban J connectivity index is 2.90. The number of methoxy groups -OCH3 is 1. The van der Waals surface area contributed by atoms with Crippen molar-refractivity contribution < 1.29 is 9.53 Å². The van der Waals surface area contributed by atoms with Crippen LogP contribution in [0, 0.1) is 5.92 Å². The molecule has 1 aromatic rings. The second-order valence-electron chi connectivity index (χ2n) is 4.69. The molecule has 0 heterocycles. The fourth-order valence-electron chi connectivity index (χ4n) is 1.70. The van der Waals surface area contributed by atoms with Crippen LogP contribution < -0.4 is 15.8 Å². The van der Waals surface area contributed by atoms with Gasteiger partial charge >= 0.3 is 0 Å². The average Bonchev–Trinajstić information content (AvgIpc) is 2.27. The Morgan fingerprint density at radius 2 is 2.16 bits per heavy atom. The molecule has 0 radical (unpaired) electrons. The number of amides is 1. The maximum absolute atomic E-state index is 12.0. The van der Waals surface area contributed by atoms with Crippen molar-refractivity contribution in [2.45, 2.75) is 26.3 Å². The third-order valence-electron chi connectivity index (χ3n) is 2.53. The first-order valence-electron chi connectivity index (χ1n) is 5.94. The molecule has 1 rings (SSSR count). The zero-order valence-corrected chi connectivity index (χ0v) is 13.5. The van der Waals surface area contributed by atoms with Crippen LogP contribution in [0.5, 0.6) is 5.75 Å². The van der Waals surface area contributed by atoms with E-state index in [1.54, 1.807) is 12.1 Å². The Labute approximate surface area is 126 Å². The first kappa shape index (κ1) is 16.3. The van der Waals surface area contributed by atoms with E-state index in [-0.39, 0.29) is 5.91 Å². The third-order valence-corrected chi connectivity index (χ3v) is 3.34. The summed E-state index contributed by atoms with van der Waals surface area (Å²) >= 11 is 9.29. The molecule has 1 atom stereocenters. The number of ether oxygens (including phenoxy) is 1. The molecule has 19 heavy (non-hydrogen) atoms. The van der Waals surface area contributed by atoms with Gasteiger partial charge in [-0.2, -0.15) is 0 Å². The van der Waals surface area contributed by atoms with Crippen molar-refractivity contribution in [2.75, 3.05) is 12.4 Å². The molecule has 0 aliphatic heterocycles. The summed E-state index contributed by atoms with van der Waals surface area (Å²) in [5.41, 5.74) is 6.34. The Bertz CT molecular complexity index is 466. The van der Waals surface area contributed by atoms with Crippen molar-refractivity contribution in [1.29, 1.82) is 0 Å². The Kier molecular flexibility index (Phi) is 6.10. The molecule has 0 bridgehead atoms. The molecule has 0 aromatic heterocycles. The van der Waals surface area contributed by atoms with Crippen LogP contribution in [0.2, 0.25) is 5.02 Å². The number of rotatable bonds is 5. The van der Waals surface area contributed by atoms with Crippen LogP contribution >= 0.6 is 27.5 Å². The number of halogens is 2. The van der Waals surface area contributed by atoms with Crippen molar-refractivity contribution >= 4 is 39.1 Å². The second kappa shape index (κ2) is 7.12. The Morgan fingerprint density at radius 3 is 2.68 bits per heavy atom. The minimum Gasteiger partial charge on any atom is -0.493 e. The highest BCUT2D eigenvalue weighted by Gasteiger charge is 2.18. The lowest BCUT2D eigenvalue weighted by Crippen LogP contribution is -2.36. The van der Waals surface area contributed by atoms with Crippen LogP contribution in [0.3, 0.4) is 0 Å². The van der Waals surface area contributed by atoms with Crippen molar-refractivity contribution in [3.05, 3.63) is 21.6 Å². The van der Waals surface area contributed by atoms with Gasteiger partial charge in [0.15, 0.2) is 5.75 Å². The van der Waals surface area contributed by atoms with Crippen LogP contribution in [0.1, 0.15) is 20.3 Å². The molecule has 1 amide bonds. The molecule has 0 saturated heterocycles. The lowest BCUT2D eigenvalue weighted by molar-refractivity contribution is -0.117. The van der Waals surface area contributed by atoms with E-state index in [1.807, 2.05) is 13.8 Å². The van der Waals surface area contributed by atoms with Crippen LogP contribution in [-0.2, 0) is 4.79 Å². The molecular formula is C13H18BrClN2O2. The summed E-state index contributed by atoms with van der Waals surface area (Å²) in [6, 6.07) is 2.78. The summed E-state index contributed by atoms with van der Waals surface area (Å²) in [6.07, 6.45) is 0.621. The fourth-order valence-corrected chi connectivity index (χ4v) is 2.67. The molecular weight excluding hydrogens is 332 g/mol. The summed E-state index contributed by atoms with van der Waals surface area (Å²) in [5.74, 6) is 0.629. The van der Waals surface area contributed by atoms with E-state index >= 15 is 0 Å². The number of anilines is 1. The van der Waals surface area contributed by atoms with Gasteiger partial charge in [-0.3, -0.25) is 4.79 Å². The first-order valence-corrected chi connectivity index (χ1v) is 7.11. The van der Waals surface area contributed by atoms with Gasteiger partial charge in [0.05, 0.1) is 23.3 Å². The lowest BCUT2D eigenvalue weighted by atomic mass is 10.0. The van der Waals surface area contributed by atoms with Crippen molar-refractivity contribution in [2.24, 2.45) is 11.7 Å². The molecule has 0 aliphatic rings. The molecule has 6 heteroatoms. The number of benzene rings is 1. The van der Waals surface area contributed by atoms with Gasteiger partial charge in [0, 0.05) is 5.02 Å². The normalized spacial score (nSPS) is 12.4. The van der Waals surface area contributed by atoms with E-state index < -0.39 is 6.04 Å². The molecule has 4 nitrogen and oxygen atoms in total. The summed E-state index contributed by atoms with van der Waals surface area (Å²) in [5, 5.41) is 3.25. The van der Waals surface area contributed by atoms with Crippen molar-refractivity contribution in [1.82, 2.24) is 0 Å². The number of hydrogen-bond acceptors (Lipinski definition) is 3. The van der Waals surface area contributed by atoms with Gasteiger partial charge in [-0.1, -0.05) is 25.4 Å². The summed E-state index contributed by atoms with van der Waals surface area (Å²) in [7, 11) is 1.53. The molecule has 0 fully saturated rings. The first-order chi connectivity index (χ1) is 8.85. The maximum Gasteiger partial charge on any atom is 0.241 e. The topological polar surface area (TPSA) is 64.3 Å². The number of nitrogens with one attached hydrogen (secondary N) is 1. The van der Waals surface area contributed by atoms with Gasteiger partial charge in [-0.25, -0.2) is 0 Å². The maximum atomic E-state index is 12.0. The van der Waals surface area contributed by atoms with Crippen LogP contribution in [0.4, 0.5) is 5.69 Å². The number of hydrogen-bond donors (Lipinski definition) is 2. The molecule has 3 N–H and O–H groups in total. The largest absolute Gasteiger partial charge is 0.493 e. The van der Waals surface area contributed by atoms with E-state index in [0.29, 0.717) is 33.3 Å². The van der Waals surface area contributed by atoms with Gasteiger partial charge in [0.2, 0.25) is 5.91 Å². The monoisotopic (exact) mass is 348 g/mol. The quantitative estimate of drug-likeness (QED) is 0.856. The Morgan fingerprint density at radius 1 is 1.53 bits per heavy atom. The Hall–Kier alpha value is -0.780. The predicted octanol–water partition coefficient (Wildman–Crippen LogP) is 3.42. The summed E-state index contributed by atoms with van der Waals surface area (Å²) in [6.45, 7) is 4.04.